The lowest BCUT2D eigenvalue weighted by Gasteiger charge is -2.03. The van der Waals surface area contributed by atoms with Gasteiger partial charge in [-0.05, 0) is 40.3 Å². The molecule has 0 saturated heterocycles. The highest BCUT2D eigenvalue weighted by Crippen LogP contribution is 2.25. The van der Waals surface area contributed by atoms with Gasteiger partial charge < -0.3 is 10.2 Å². The third-order valence-corrected chi connectivity index (χ3v) is 4.95. The fourth-order valence-electron chi connectivity index (χ4n) is 3.30. The summed E-state index contributed by atoms with van der Waals surface area (Å²) in [5, 5.41) is 22.1. The number of halogens is 1. The second kappa shape index (κ2) is 9.42. The lowest BCUT2D eigenvalue weighted by Crippen LogP contribution is -1.99. The molecule has 0 aromatic heterocycles. The van der Waals surface area contributed by atoms with Crippen molar-refractivity contribution in [2.45, 2.75) is 19.8 Å². The Morgan fingerprint density at radius 2 is 1.33 bits per heavy atom. The van der Waals surface area contributed by atoms with E-state index < -0.39 is 11.9 Å². The predicted octanol–water partition coefficient (Wildman–Crippen LogP) is 5.90. The van der Waals surface area contributed by atoms with Crippen LogP contribution in [0.4, 0.5) is 0 Å². The molecule has 0 heterocycles. The maximum Gasteiger partial charge on any atom is 0.307 e. The van der Waals surface area contributed by atoms with Gasteiger partial charge in [0.15, 0.2) is 0 Å². The Morgan fingerprint density at radius 1 is 0.733 bits per heavy atom. The summed E-state index contributed by atoms with van der Waals surface area (Å²) in [7, 11) is 0. The highest BCUT2D eigenvalue weighted by Gasteiger charge is 2.05. The Labute approximate surface area is 179 Å². The van der Waals surface area contributed by atoms with Crippen molar-refractivity contribution >= 4 is 45.1 Å². The van der Waals surface area contributed by atoms with Crippen LogP contribution in [0.1, 0.15) is 16.7 Å². The number of rotatable bonds is 4. The smallest absolute Gasteiger partial charge is 0.307 e. The fourth-order valence-corrected chi connectivity index (χ4v) is 3.61. The zero-order valence-corrected chi connectivity index (χ0v) is 17.2. The molecule has 0 unspecified atom stereocenters. The van der Waals surface area contributed by atoms with Crippen molar-refractivity contribution in [1.29, 1.82) is 0 Å². The van der Waals surface area contributed by atoms with Crippen molar-refractivity contribution in [3.8, 4) is 0 Å². The van der Waals surface area contributed by atoms with Crippen LogP contribution in [0.3, 0.4) is 0 Å². The normalized spacial score (nSPS) is 10.5. The Balaban J connectivity index is 0.000000171. The number of benzene rings is 4. The first-order valence-corrected chi connectivity index (χ1v) is 9.79. The first-order chi connectivity index (χ1) is 14.3. The molecule has 4 nitrogen and oxygen atoms in total. The molecular weight excluding hydrogens is 400 g/mol. The molecule has 0 fully saturated rings. The standard InChI is InChI=1S/C13H12O2.C12H9ClO2/c1-9-2-4-12-7-10(8-13(14)15)3-5-11(12)6-9;13-11-6-8(7-12(14)15)5-9-3-1-2-4-10(9)11/h2-7H,8H2,1H3,(H,14,15);1-6H,7H2,(H,14,15). The van der Waals surface area contributed by atoms with Gasteiger partial charge in [0, 0.05) is 10.4 Å². The third kappa shape index (κ3) is 5.58. The van der Waals surface area contributed by atoms with Crippen LogP contribution in [0.15, 0.2) is 72.8 Å². The molecule has 0 spiro atoms. The lowest BCUT2D eigenvalue weighted by atomic mass is 10.0. The maximum absolute atomic E-state index is 10.6. The number of carboxylic acid groups (broad SMARTS) is 2. The van der Waals surface area contributed by atoms with Gasteiger partial charge in [-0.3, -0.25) is 9.59 Å². The van der Waals surface area contributed by atoms with Crippen molar-refractivity contribution < 1.29 is 19.8 Å². The Kier molecular flexibility index (Phi) is 6.70. The van der Waals surface area contributed by atoms with E-state index in [9.17, 15) is 9.59 Å². The highest BCUT2D eigenvalue weighted by molar-refractivity contribution is 6.35. The van der Waals surface area contributed by atoms with Gasteiger partial charge in [0.05, 0.1) is 12.8 Å². The number of hydrogen-bond donors (Lipinski definition) is 2. The van der Waals surface area contributed by atoms with E-state index in [1.54, 1.807) is 6.07 Å². The van der Waals surface area contributed by atoms with Crippen LogP contribution in [0.2, 0.25) is 5.02 Å². The highest BCUT2D eigenvalue weighted by atomic mass is 35.5. The van der Waals surface area contributed by atoms with Crippen molar-refractivity contribution in [2.75, 3.05) is 0 Å². The summed E-state index contributed by atoms with van der Waals surface area (Å²) in [6.45, 7) is 2.05. The van der Waals surface area contributed by atoms with Gasteiger partial charge >= 0.3 is 11.9 Å². The van der Waals surface area contributed by atoms with E-state index in [-0.39, 0.29) is 12.8 Å². The second-order valence-corrected chi connectivity index (χ2v) is 7.53. The molecule has 152 valence electrons. The van der Waals surface area contributed by atoms with Gasteiger partial charge in [-0.25, -0.2) is 0 Å². The molecule has 0 saturated carbocycles. The van der Waals surface area contributed by atoms with Crippen LogP contribution in [0.25, 0.3) is 21.5 Å². The molecule has 4 rings (SSSR count). The molecule has 4 aromatic carbocycles. The van der Waals surface area contributed by atoms with E-state index >= 15 is 0 Å². The predicted molar refractivity (Wildman–Crippen MR) is 120 cm³/mol. The molecule has 0 aliphatic heterocycles. The summed E-state index contributed by atoms with van der Waals surface area (Å²) in [4.78, 5) is 21.1. The van der Waals surface area contributed by atoms with E-state index in [4.69, 9.17) is 21.8 Å². The molecule has 0 aliphatic rings. The van der Waals surface area contributed by atoms with Crippen LogP contribution in [0, 0.1) is 6.92 Å². The number of fused-ring (bicyclic) bond motifs is 2. The monoisotopic (exact) mass is 420 g/mol. The van der Waals surface area contributed by atoms with Crippen LogP contribution in [-0.2, 0) is 22.4 Å². The topological polar surface area (TPSA) is 74.6 Å². The second-order valence-electron chi connectivity index (χ2n) is 7.12. The van der Waals surface area contributed by atoms with Crippen molar-refractivity contribution in [3.05, 3.63) is 94.5 Å². The Bertz CT molecular complexity index is 1230. The average molecular weight is 421 g/mol. The Hall–Kier alpha value is -3.37. The van der Waals surface area contributed by atoms with Crippen LogP contribution < -0.4 is 0 Å². The van der Waals surface area contributed by atoms with Crippen LogP contribution >= 0.6 is 11.6 Å². The molecule has 0 bridgehead atoms. The molecule has 4 aromatic rings. The molecule has 0 atom stereocenters. The summed E-state index contributed by atoms with van der Waals surface area (Å²) in [5.41, 5.74) is 2.79. The zero-order chi connectivity index (χ0) is 21.7. The molecule has 0 radical (unpaired) electrons. The maximum atomic E-state index is 10.6. The first kappa shape index (κ1) is 21.3. The van der Waals surface area contributed by atoms with E-state index in [1.807, 2.05) is 67.6 Å². The van der Waals surface area contributed by atoms with E-state index in [1.165, 1.54) is 5.56 Å². The minimum absolute atomic E-state index is 0.00452. The third-order valence-electron chi connectivity index (χ3n) is 4.64. The van der Waals surface area contributed by atoms with E-state index in [2.05, 4.69) is 6.07 Å². The Morgan fingerprint density at radius 3 is 2.07 bits per heavy atom. The molecule has 30 heavy (non-hydrogen) atoms. The van der Waals surface area contributed by atoms with Gasteiger partial charge in [-0.2, -0.15) is 0 Å². The largest absolute Gasteiger partial charge is 0.481 e. The van der Waals surface area contributed by atoms with Gasteiger partial charge in [0.25, 0.3) is 0 Å². The molecule has 0 amide bonds. The number of hydrogen-bond acceptors (Lipinski definition) is 2. The fraction of sp³-hybridized carbons (Fsp3) is 0.120. The summed E-state index contributed by atoms with van der Waals surface area (Å²) in [6, 6.07) is 23.2. The zero-order valence-electron chi connectivity index (χ0n) is 16.4. The van der Waals surface area contributed by atoms with Gasteiger partial charge in [0.1, 0.15) is 0 Å². The number of carboxylic acids is 2. The first-order valence-electron chi connectivity index (χ1n) is 9.42. The summed E-state index contributed by atoms with van der Waals surface area (Å²) < 4.78 is 0. The summed E-state index contributed by atoms with van der Waals surface area (Å²) in [6.07, 6.45) is 0.0916. The SMILES string of the molecule is Cc1ccc2cc(CC(=O)O)ccc2c1.O=C(O)Cc1cc(Cl)c2ccccc2c1. The number of carbonyl (C=O) groups is 2. The number of aliphatic carboxylic acids is 2. The lowest BCUT2D eigenvalue weighted by molar-refractivity contribution is -0.137. The van der Waals surface area contributed by atoms with Gasteiger partial charge in [-0.1, -0.05) is 83.9 Å². The van der Waals surface area contributed by atoms with Crippen LogP contribution in [0.5, 0.6) is 0 Å². The number of aryl methyl sites for hydroxylation is 1. The molecule has 0 aliphatic carbocycles. The van der Waals surface area contributed by atoms with Crippen molar-refractivity contribution in [3.63, 3.8) is 0 Å². The average Bonchev–Trinajstić information content (AvgIpc) is 2.68. The van der Waals surface area contributed by atoms with Crippen LogP contribution in [-0.4, -0.2) is 22.2 Å². The minimum atomic E-state index is -0.846. The van der Waals surface area contributed by atoms with E-state index in [0.29, 0.717) is 5.02 Å². The van der Waals surface area contributed by atoms with Crippen molar-refractivity contribution in [1.82, 2.24) is 0 Å². The molecular formula is C25H21ClO4. The molecule has 2 N–H and O–H groups in total. The van der Waals surface area contributed by atoms with E-state index in [0.717, 1.165) is 32.7 Å². The van der Waals surface area contributed by atoms with Crippen molar-refractivity contribution in [2.24, 2.45) is 0 Å². The molecule has 5 heteroatoms. The quantitative estimate of drug-likeness (QED) is 0.431. The van der Waals surface area contributed by atoms with Gasteiger partial charge in [-0.15, -0.1) is 0 Å². The summed E-state index contributed by atoms with van der Waals surface area (Å²) in [5.74, 6) is -1.64. The summed E-state index contributed by atoms with van der Waals surface area (Å²) >= 11 is 6.05. The minimum Gasteiger partial charge on any atom is -0.481 e. The van der Waals surface area contributed by atoms with Gasteiger partial charge in [0.2, 0.25) is 0 Å².